The number of halogens is 1. The SMILES string of the molecule is COc1ccc(C(=O)N2CCC(c3noc(N)c3C(C)C)CC2)cc1F. The fraction of sp³-hybridized carbons (Fsp3) is 0.474. The fourth-order valence-corrected chi connectivity index (χ4v) is 3.54. The Kier molecular flexibility index (Phi) is 5.15. The number of methoxy groups -OCH3 is 1. The first-order valence-electron chi connectivity index (χ1n) is 8.80. The number of likely N-dealkylation sites (tertiary alicyclic amines) is 1. The number of aromatic nitrogens is 1. The number of ether oxygens (including phenoxy) is 1. The number of anilines is 1. The number of rotatable bonds is 4. The van der Waals surface area contributed by atoms with Gasteiger partial charge in [-0.1, -0.05) is 19.0 Å². The molecule has 6 nitrogen and oxygen atoms in total. The molecule has 1 amide bonds. The van der Waals surface area contributed by atoms with Crippen molar-refractivity contribution < 1.29 is 18.4 Å². The first-order chi connectivity index (χ1) is 12.4. The number of nitrogens with two attached hydrogens (primary N) is 1. The van der Waals surface area contributed by atoms with Crippen molar-refractivity contribution >= 4 is 11.8 Å². The van der Waals surface area contributed by atoms with E-state index in [1.54, 1.807) is 11.0 Å². The van der Waals surface area contributed by atoms with Crippen molar-refractivity contribution in [1.82, 2.24) is 10.1 Å². The van der Waals surface area contributed by atoms with E-state index in [4.69, 9.17) is 15.0 Å². The van der Waals surface area contributed by atoms with Gasteiger partial charge in [-0.3, -0.25) is 4.79 Å². The molecule has 0 aliphatic carbocycles. The number of piperidine rings is 1. The van der Waals surface area contributed by atoms with Gasteiger partial charge in [0.25, 0.3) is 5.91 Å². The van der Waals surface area contributed by atoms with E-state index < -0.39 is 5.82 Å². The van der Waals surface area contributed by atoms with E-state index in [-0.39, 0.29) is 23.5 Å². The third-order valence-electron chi connectivity index (χ3n) is 4.93. The lowest BCUT2D eigenvalue weighted by Gasteiger charge is -2.31. The molecule has 1 aromatic carbocycles. The lowest BCUT2D eigenvalue weighted by atomic mass is 9.88. The van der Waals surface area contributed by atoms with Crippen LogP contribution >= 0.6 is 0 Å². The molecule has 0 unspecified atom stereocenters. The summed E-state index contributed by atoms with van der Waals surface area (Å²) in [4.78, 5) is 14.4. The van der Waals surface area contributed by atoms with E-state index in [2.05, 4.69) is 19.0 Å². The van der Waals surface area contributed by atoms with Gasteiger partial charge in [0.05, 0.1) is 12.8 Å². The Morgan fingerprint density at radius 3 is 2.65 bits per heavy atom. The Hall–Kier alpha value is -2.57. The summed E-state index contributed by atoms with van der Waals surface area (Å²) in [6, 6.07) is 4.29. The molecule has 1 aliphatic rings. The third kappa shape index (κ3) is 3.38. The summed E-state index contributed by atoms with van der Waals surface area (Å²) < 4.78 is 23.9. The molecule has 3 rings (SSSR count). The largest absolute Gasteiger partial charge is 0.494 e. The van der Waals surface area contributed by atoms with Crippen molar-refractivity contribution in [1.29, 1.82) is 0 Å². The predicted molar refractivity (Wildman–Crippen MR) is 95.8 cm³/mol. The quantitative estimate of drug-likeness (QED) is 0.901. The van der Waals surface area contributed by atoms with E-state index in [1.807, 2.05) is 0 Å². The highest BCUT2D eigenvalue weighted by molar-refractivity contribution is 5.94. The molecule has 0 bridgehead atoms. The number of hydrogen-bond acceptors (Lipinski definition) is 5. The van der Waals surface area contributed by atoms with Crippen LogP contribution in [-0.2, 0) is 0 Å². The second-order valence-corrected chi connectivity index (χ2v) is 6.92. The average molecular weight is 361 g/mol. The van der Waals surface area contributed by atoms with E-state index in [0.717, 1.165) is 24.1 Å². The highest BCUT2D eigenvalue weighted by Gasteiger charge is 2.30. The first kappa shape index (κ1) is 18.2. The van der Waals surface area contributed by atoms with Crippen LogP contribution in [0.25, 0.3) is 0 Å². The van der Waals surface area contributed by atoms with Gasteiger partial charge in [0.15, 0.2) is 11.6 Å². The van der Waals surface area contributed by atoms with E-state index in [9.17, 15) is 9.18 Å². The highest BCUT2D eigenvalue weighted by atomic mass is 19.1. The number of amides is 1. The number of benzene rings is 1. The minimum Gasteiger partial charge on any atom is -0.494 e. The summed E-state index contributed by atoms with van der Waals surface area (Å²) in [5.41, 5.74) is 8.10. The monoisotopic (exact) mass is 361 g/mol. The number of nitrogens with zero attached hydrogens (tertiary/aromatic N) is 2. The number of nitrogen functional groups attached to an aromatic ring is 1. The van der Waals surface area contributed by atoms with Crippen LogP contribution in [-0.4, -0.2) is 36.2 Å². The maximum Gasteiger partial charge on any atom is 0.253 e. The predicted octanol–water partition coefficient (Wildman–Crippen LogP) is 3.55. The second kappa shape index (κ2) is 7.35. The van der Waals surface area contributed by atoms with Gasteiger partial charge >= 0.3 is 0 Å². The Labute approximate surface area is 152 Å². The zero-order valence-electron chi connectivity index (χ0n) is 15.3. The molecule has 2 heterocycles. The Bertz CT molecular complexity index is 795. The van der Waals surface area contributed by atoms with Crippen molar-refractivity contribution in [3.05, 3.63) is 40.8 Å². The van der Waals surface area contributed by atoms with Gasteiger partial charge in [-0.25, -0.2) is 4.39 Å². The second-order valence-electron chi connectivity index (χ2n) is 6.92. The van der Waals surface area contributed by atoms with Crippen molar-refractivity contribution in [2.75, 3.05) is 25.9 Å². The van der Waals surface area contributed by atoms with Crippen molar-refractivity contribution in [2.24, 2.45) is 0 Å². The summed E-state index contributed by atoms with van der Waals surface area (Å²) >= 11 is 0. The molecular formula is C19H24FN3O3. The van der Waals surface area contributed by atoms with Crippen molar-refractivity contribution in [3.8, 4) is 5.75 Å². The molecule has 0 radical (unpaired) electrons. The molecule has 26 heavy (non-hydrogen) atoms. The maximum absolute atomic E-state index is 13.9. The van der Waals surface area contributed by atoms with E-state index in [0.29, 0.717) is 24.5 Å². The van der Waals surface area contributed by atoms with Gasteiger partial charge in [-0.2, -0.15) is 0 Å². The third-order valence-corrected chi connectivity index (χ3v) is 4.93. The molecule has 0 spiro atoms. The number of carbonyl (C=O) groups is 1. The summed E-state index contributed by atoms with van der Waals surface area (Å²) in [6.45, 7) is 5.29. The summed E-state index contributed by atoms with van der Waals surface area (Å²) in [5.74, 6) is 0.247. The van der Waals surface area contributed by atoms with Gasteiger partial charge in [-0.05, 0) is 37.0 Å². The van der Waals surface area contributed by atoms with Crippen LogP contribution in [0.15, 0.2) is 22.7 Å². The molecule has 0 saturated carbocycles. The topological polar surface area (TPSA) is 81.6 Å². The lowest BCUT2D eigenvalue weighted by molar-refractivity contribution is 0.0710. The van der Waals surface area contributed by atoms with E-state index in [1.165, 1.54) is 19.2 Å². The Morgan fingerprint density at radius 1 is 1.38 bits per heavy atom. The zero-order valence-corrected chi connectivity index (χ0v) is 15.3. The molecule has 140 valence electrons. The van der Waals surface area contributed by atoms with Crippen molar-refractivity contribution in [3.63, 3.8) is 0 Å². The summed E-state index contributed by atoms with van der Waals surface area (Å²) in [7, 11) is 1.40. The van der Waals surface area contributed by atoms with Crippen LogP contribution in [0.1, 0.15) is 60.1 Å². The van der Waals surface area contributed by atoms with Gasteiger partial charge in [0.2, 0.25) is 5.88 Å². The van der Waals surface area contributed by atoms with Crippen LogP contribution in [0.4, 0.5) is 10.3 Å². The van der Waals surface area contributed by atoms with Crippen LogP contribution in [0.5, 0.6) is 5.75 Å². The molecule has 2 aromatic rings. The lowest BCUT2D eigenvalue weighted by Crippen LogP contribution is -2.38. The first-order valence-corrected chi connectivity index (χ1v) is 8.80. The summed E-state index contributed by atoms with van der Waals surface area (Å²) in [5, 5.41) is 4.15. The molecule has 0 atom stereocenters. The zero-order chi connectivity index (χ0) is 18.8. The standard InChI is InChI=1S/C19H24FN3O3/c1-11(2)16-17(22-26-18(16)21)12-6-8-23(9-7-12)19(24)13-4-5-15(25-3)14(20)10-13/h4-5,10-12H,6-9,21H2,1-3H3. The Morgan fingerprint density at radius 2 is 2.08 bits per heavy atom. The maximum atomic E-state index is 13.9. The number of hydrogen-bond donors (Lipinski definition) is 1. The smallest absolute Gasteiger partial charge is 0.253 e. The molecule has 1 saturated heterocycles. The van der Waals surface area contributed by atoms with Gasteiger partial charge in [0, 0.05) is 30.1 Å². The molecule has 1 aliphatic heterocycles. The number of carbonyl (C=O) groups excluding carboxylic acids is 1. The molecule has 7 heteroatoms. The minimum absolute atomic E-state index is 0.130. The van der Waals surface area contributed by atoms with Crippen LogP contribution in [0.2, 0.25) is 0 Å². The van der Waals surface area contributed by atoms with Crippen LogP contribution in [0, 0.1) is 5.82 Å². The van der Waals surface area contributed by atoms with Gasteiger partial charge in [-0.15, -0.1) is 0 Å². The molecule has 1 aromatic heterocycles. The van der Waals surface area contributed by atoms with Crippen LogP contribution < -0.4 is 10.5 Å². The van der Waals surface area contributed by atoms with Gasteiger partial charge < -0.3 is 19.9 Å². The molecular weight excluding hydrogens is 337 g/mol. The molecule has 1 fully saturated rings. The van der Waals surface area contributed by atoms with Gasteiger partial charge in [0.1, 0.15) is 0 Å². The van der Waals surface area contributed by atoms with Crippen molar-refractivity contribution in [2.45, 2.75) is 38.5 Å². The molecule has 2 N–H and O–H groups in total. The average Bonchev–Trinajstić information content (AvgIpc) is 3.03. The minimum atomic E-state index is -0.534. The van der Waals surface area contributed by atoms with Crippen LogP contribution in [0.3, 0.4) is 0 Å². The normalized spacial score (nSPS) is 15.5. The fourth-order valence-electron chi connectivity index (χ4n) is 3.54. The highest BCUT2D eigenvalue weighted by Crippen LogP contribution is 2.36. The summed E-state index contributed by atoms with van der Waals surface area (Å²) in [6.07, 6.45) is 1.55. The Balaban J connectivity index is 1.69. The van der Waals surface area contributed by atoms with E-state index >= 15 is 0 Å².